The van der Waals surface area contributed by atoms with Crippen molar-refractivity contribution < 1.29 is 18.7 Å². The molecule has 0 N–H and O–H groups in total. The van der Waals surface area contributed by atoms with Gasteiger partial charge in [-0.1, -0.05) is 71.9 Å². The summed E-state index contributed by atoms with van der Waals surface area (Å²) >= 11 is 0. The Labute approximate surface area is 240 Å². The van der Waals surface area contributed by atoms with Crippen molar-refractivity contribution in [2.45, 2.75) is 84.6 Å². The second-order valence-electron chi connectivity index (χ2n) is 11.8. The Bertz CT molecular complexity index is 1250. The van der Waals surface area contributed by atoms with Gasteiger partial charge in [0.2, 0.25) is 0 Å². The first-order chi connectivity index (χ1) is 19.0. The number of methoxy groups -OCH3 is 1. The van der Waals surface area contributed by atoms with Gasteiger partial charge in [-0.3, -0.25) is 4.79 Å². The molecule has 0 fully saturated rings. The van der Waals surface area contributed by atoms with Crippen molar-refractivity contribution in [3.63, 3.8) is 0 Å². The lowest BCUT2D eigenvalue weighted by Crippen LogP contribution is -2.32. The van der Waals surface area contributed by atoms with Crippen molar-refractivity contribution >= 4 is 5.91 Å². The van der Waals surface area contributed by atoms with E-state index in [9.17, 15) is 9.18 Å². The van der Waals surface area contributed by atoms with Crippen LogP contribution in [0.1, 0.15) is 94.3 Å². The third-order valence-corrected chi connectivity index (χ3v) is 8.27. The highest BCUT2D eigenvalue weighted by molar-refractivity contribution is 5.94. The van der Waals surface area contributed by atoms with E-state index in [1.54, 1.807) is 12.0 Å². The van der Waals surface area contributed by atoms with Gasteiger partial charge in [-0.15, -0.1) is 0 Å². The number of halogens is 1. The lowest BCUT2D eigenvalue weighted by atomic mass is 9.76. The monoisotopic (exact) mass is 547 g/mol. The van der Waals surface area contributed by atoms with E-state index in [-0.39, 0.29) is 22.6 Å². The maximum absolute atomic E-state index is 13.5. The predicted molar refractivity (Wildman–Crippen MR) is 162 cm³/mol. The van der Waals surface area contributed by atoms with Crippen molar-refractivity contribution in [3.8, 4) is 11.5 Å². The average molecular weight is 548 g/mol. The van der Waals surface area contributed by atoms with Gasteiger partial charge in [-0.25, -0.2) is 4.39 Å². The number of para-hydroxylation sites is 1. The van der Waals surface area contributed by atoms with Gasteiger partial charge < -0.3 is 14.4 Å². The minimum atomic E-state index is -0.359. The van der Waals surface area contributed by atoms with Crippen LogP contribution in [-0.4, -0.2) is 31.1 Å². The smallest absolute Gasteiger partial charge is 0.254 e. The molecule has 0 aliphatic carbocycles. The zero-order valence-electron chi connectivity index (χ0n) is 25.4. The lowest BCUT2D eigenvalue weighted by molar-refractivity contribution is 0.0736. The molecule has 0 radical (unpaired) electrons. The molecule has 40 heavy (non-hydrogen) atoms. The second-order valence-corrected chi connectivity index (χ2v) is 11.8. The number of nitrogens with zero attached hydrogens (tertiary/aromatic N) is 1. The minimum Gasteiger partial charge on any atom is -0.496 e. The molecule has 216 valence electrons. The zero-order valence-corrected chi connectivity index (χ0v) is 25.4. The fraction of sp³-hybridized carbons (Fsp3) is 0.457. The lowest BCUT2D eigenvalue weighted by Gasteiger charge is -2.30. The average Bonchev–Trinajstić information content (AvgIpc) is 2.96. The van der Waals surface area contributed by atoms with Crippen molar-refractivity contribution in [1.82, 2.24) is 4.90 Å². The molecule has 0 saturated carbocycles. The molecule has 0 unspecified atom stereocenters. The molecule has 0 heterocycles. The maximum Gasteiger partial charge on any atom is 0.254 e. The summed E-state index contributed by atoms with van der Waals surface area (Å²) in [5, 5.41) is 0. The van der Waals surface area contributed by atoms with Crippen LogP contribution in [0.15, 0.2) is 66.7 Å². The SMILES string of the molecule is CCC(C)(C)c1ccc(OCCCCN(Cc2ccccc2OC)C(=O)c2ccc(F)cc2)c(C(C)(C)CC)c1. The Hall–Kier alpha value is -3.34. The van der Waals surface area contributed by atoms with Crippen molar-refractivity contribution in [2.75, 3.05) is 20.3 Å². The highest BCUT2D eigenvalue weighted by atomic mass is 19.1. The van der Waals surface area contributed by atoms with Crippen LogP contribution in [0, 0.1) is 5.82 Å². The molecule has 3 aromatic carbocycles. The molecule has 0 aromatic heterocycles. The number of hydrogen-bond acceptors (Lipinski definition) is 3. The van der Waals surface area contributed by atoms with Crippen LogP contribution in [0.4, 0.5) is 4.39 Å². The summed E-state index contributed by atoms with van der Waals surface area (Å²) < 4.78 is 25.4. The Balaban J connectivity index is 1.71. The van der Waals surface area contributed by atoms with Gasteiger partial charge in [-0.05, 0) is 78.5 Å². The molecule has 5 heteroatoms. The van der Waals surface area contributed by atoms with E-state index in [0.717, 1.165) is 42.7 Å². The number of carbonyl (C=O) groups is 1. The van der Waals surface area contributed by atoms with Crippen molar-refractivity contribution in [3.05, 3.63) is 94.8 Å². The van der Waals surface area contributed by atoms with Crippen LogP contribution in [-0.2, 0) is 17.4 Å². The quantitative estimate of drug-likeness (QED) is 0.189. The van der Waals surface area contributed by atoms with E-state index >= 15 is 0 Å². The van der Waals surface area contributed by atoms with Gasteiger partial charge in [0.1, 0.15) is 17.3 Å². The van der Waals surface area contributed by atoms with Gasteiger partial charge in [0.05, 0.1) is 13.7 Å². The molecular weight excluding hydrogens is 501 g/mol. The van der Waals surface area contributed by atoms with Crippen LogP contribution >= 0.6 is 0 Å². The summed E-state index contributed by atoms with van der Waals surface area (Å²) in [5.41, 5.74) is 4.09. The van der Waals surface area contributed by atoms with Crippen LogP contribution in [0.5, 0.6) is 11.5 Å². The summed E-state index contributed by atoms with van der Waals surface area (Å²) in [6.07, 6.45) is 3.66. The van der Waals surface area contributed by atoms with Gasteiger partial charge in [0, 0.05) is 29.8 Å². The fourth-order valence-electron chi connectivity index (χ4n) is 4.65. The van der Waals surface area contributed by atoms with Gasteiger partial charge in [0.25, 0.3) is 5.91 Å². The molecular formula is C35H46FNO3. The van der Waals surface area contributed by atoms with E-state index < -0.39 is 0 Å². The predicted octanol–water partition coefficient (Wildman–Crippen LogP) is 8.71. The highest BCUT2D eigenvalue weighted by Gasteiger charge is 2.26. The highest BCUT2D eigenvalue weighted by Crippen LogP contribution is 2.38. The van der Waals surface area contributed by atoms with Crippen LogP contribution in [0.3, 0.4) is 0 Å². The van der Waals surface area contributed by atoms with Crippen LogP contribution in [0.2, 0.25) is 0 Å². The molecule has 4 nitrogen and oxygen atoms in total. The molecule has 0 saturated heterocycles. The summed E-state index contributed by atoms with van der Waals surface area (Å²) in [6, 6.07) is 20.1. The van der Waals surface area contributed by atoms with Crippen LogP contribution < -0.4 is 9.47 Å². The Kier molecular flexibility index (Phi) is 10.8. The number of carbonyl (C=O) groups excluding carboxylic acids is 1. The molecule has 0 spiro atoms. The van der Waals surface area contributed by atoms with Crippen molar-refractivity contribution in [2.24, 2.45) is 0 Å². The summed E-state index contributed by atoms with van der Waals surface area (Å²) in [7, 11) is 1.63. The number of benzene rings is 3. The summed E-state index contributed by atoms with van der Waals surface area (Å²) in [5.74, 6) is 1.19. The minimum absolute atomic E-state index is 0.00226. The van der Waals surface area contributed by atoms with Gasteiger partial charge >= 0.3 is 0 Å². The van der Waals surface area contributed by atoms with Crippen LogP contribution in [0.25, 0.3) is 0 Å². The standard InChI is InChI=1S/C35H46FNO3/c1-8-34(3,4)28-18-21-32(30(24-28)35(5,6)9-2)40-23-13-12-22-37(25-27-14-10-11-15-31(27)39-7)33(38)26-16-19-29(36)20-17-26/h10-11,14-21,24H,8-9,12-13,22-23,25H2,1-7H3. The van der Waals surface area contributed by atoms with E-state index in [4.69, 9.17) is 9.47 Å². The fourth-order valence-corrected chi connectivity index (χ4v) is 4.65. The largest absolute Gasteiger partial charge is 0.496 e. The third kappa shape index (κ3) is 7.87. The Morgan fingerprint density at radius 2 is 1.52 bits per heavy atom. The van der Waals surface area contributed by atoms with E-state index in [0.29, 0.717) is 25.3 Å². The summed E-state index contributed by atoms with van der Waals surface area (Å²) in [4.78, 5) is 15.2. The third-order valence-electron chi connectivity index (χ3n) is 8.27. The first kappa shape index (κ1) is 31.2. The number of rotatable bonds is 14. The number of amides is 1. The Morgan fingerprint density at radius 3 is 2.17 bits per heavy atom. The normalized spacial score (nSPS) is 11.8. The van der Waals surface area contributed by atoms with Gasteiger partial charge in [0.15, 0.2) is 0 Å². The number of unbranched alkanes of at least 4 members (excludes halogenated alkanes) is 1. The first-order valence-electron chi connectivity index (χ1n) is 14.5. The van der Waals surface area contributed by atoms with E-state index in [1.807, 2.05) is 24.3 Å². The molecule has 3 rings (SSSR count). The van der Waals surface area contributed by atoms with Crippen molar-refractivity contribution in [1.29, 1.82) is 0 Å². The number of ether oxygens (including phenoxy) is 2. The topological polar surface area (TPSA) is 38.8 Å². The molecule has 3 aromatic rings. The van der Waals surface area contributed by atoms with E-state index in [2.05, 4.69) is 59.7 Å². The molecule has 1 amide bonds. The Morgan fingerprint density at radius 1 is 0.850 bits per heavy atom. The molecule has 0 atom stereocenters. The molecule has 0 aliphatic rings. The van der Waals surface area contributed by atoms with E-state index in [1.165, 1.54) is 35.4 Å². The maximum atomic E-state index is 13.5. The zero-order chi connectivity index (χ0) is 29.3. The molecule has 0 bridgehead atoms. The number of hydrogen-bond donors (Lipinski definition) is 0. The van der Waals surface area contributed by atoms with Gasteiger partial charge in [-0.2, -0.15) is 0 Å². The second kappa shape index (κ2) is 13.8. The first-order valence-corrected chi connectivity index (χ1v) is 14.5. The summed E-state index contributed by atoms with van der Waals surface area (Å²) in [6.45, 7) is 15.1. The molecule has 0 aliphatic heterocycles.